The van der Waals surface area contributed by atoms with Crippen LogP contribution >= 0.6 is 11.6 Å². The summed E-state index contributed by atoms with van der Waals surface area (Å²) >= 11 is 5.74. The van der Waals surface area contributed by atoms with Crippen LogP contribution in [-0.2, 0) is 4.79 Å². The predicted molar refractivity (Wildman–Crippen MR) is 61.8 cm³/mol. The number of pyridine rings is 1. The second kappa shape index (κ2) is 6.40. The van der Waals surface area contributed by atoms with Gasteiger partial charge in [-0.25, -0.2) is 4.98 Å². The molecule has 0 saturated carbocycles. The lowest BCUT2D eigenvalue weighted by molar-refractivity contribution is 0.548. The van der Waals surface area contributed by atoms with Crippen LogP contribution in [0.25, 0.3) is 0 Å². The third kappa shape index (κ3) is 3.88. The minimum absolute atomic E-state index is 0.392. The second-order valence-electron chi connectivity index (χ2n) is 3.27. The van der Waals surface area contributed by atoms with Gasteiger partial charge in [-0.05, 0) is 18.6 Å². The predicted octanol–water partition coefficient (Wildman–Crippen LogP) is 2.80. The minimum atomic E-state index is 0.392. The first kappa shape index (κ1) is 12.0. The number of unbranched alkanes of at least 4 members (excludes halogenated alkanes) is 2. The summed E-state index contributed by atoms with van der Waals surface area (Å²) in [5.74, 6) is 0.564. The van der Waals surface area contributed by atoms with E-state index in [1.54, 1.807) is 18.2 Å². The molecule has 1 rings (SSSR count). The summed E-state index contributed by atoms with van der Waals surface area (Å²) in [5, 5.41) is 0.392. The number of hydrogen-bond donors (Lipinski definition) is 0. The van der Waals surface area contributed by atoms with Gasteiger partial charge in [-0.1, -0.05) is 37.4 Å². The zero-order valence-corrected chi connectivity index (χ0v) is 9.50. The van der Waals surface area contributed by atoms with Gasteiger partial charge < -0.3 is 0 Å². The number of halogens is 1. The van der Waals surface area contributed by atoms with Gasteiger partial charge in [0.15, 0.2) is 0 Å². The number of nitrogens with zero attached hydrogens (tertiary/aromatic N) is 2. The number of hydrogen-bond acceptors (Lipinski definition) is 2. The molecular weight excluding hydrogens is 212 g/mol. The van der Waals surface area contributed by atoms with Crippen LogP contribution in [0, 0.1) is 0 Å². The van der Waals surface area contributed by atoms with Crippen LogP contribution in [-0.4, -0.2) is 17.9 Å². The molecule has 0 N–H and O–H groups in total. The van der Waals surface area contributed by atoms with E-state index in [0.717, 1.165) is 19.3 Å². The van der Waals surface area contributed by atoms with Gasteiger partial charge in [0.1, 0.15) is 11.0 Å². The van der Waals surface area contributed by atoms with Crippen LogP contribution in [0.4, 0.5) is 5.82 Å². The Bertz CT molecular complexity index is 317. The fourth-order valence-corrected chi connectivity index (χ4v) is 1.43. The van der Waals surface area contributed by atoms with Gasteiger partial charge in [-0.2, -0.15) is 0 Å². The lowest BCUT2D eigenvalue weighted by Crippen LogP contribution is -2.23. The molecule has 15 heavy (non-hydrogen) atoms. The molecule has 1 amide bonds. The van der Waals surface area contributed by atoms with Crippen molar-refractivity contribution in [2.45, 2.75) is 26.2 Å². The van der Waals surface area contributed by atoms with Crippen LogP contribution < -0.4 is 4.90 Å². The minimum Gasteiger partial charge on any atom is -0.288 e. The third-order valence-corrected chi connectivity index (χ3v) is 2.28. The second-order valence-corrected chi connectivity index (χ2v) is 3.66. The van der Waals surface area contributed by atoms with Crippen LogP contribution in [0.5, 0.6) is 0 Å². The molecule has 0 unspecified atom stereocenters. The Hall–Kier alpha value is -1.09. The van der Waals surface area contributed by atoms with Crippen molar-refractivity contribution in [2.24, 2.45) is 0 Å². The number of aromatic nitrogens is 1. The van der Waals surface area contributed by atoms with Crippen molar-refractivity contribution in [2.75, 3.05) is 11.4 Å². The first-order valence-corrected chi connectivity index (χ1v) is 5.43. The first-order chi connectivity index (χ1) is 7.27. The van der Waals surface area contributed by atoms with E-state index in [2.05, 4.69) is 11.9 Å². The Morgan fingerprint density at radius 2 is 2.27 bits per heavy atom. The van der Waals surface area contributed by atoms with E-state index in [1.807, 2.05) is 6.41 Å². The number of carbonyl (C=O) groups excluding carboxylic acids is 1. The Morgan fingerprint density at radius 3 is 2.87 bits per heavy atom. The average molecular weight is 226 g/mol. The SMILES string of the molecule is CCCCCN([C]=O)c1cccc(Cl)n1. The molecular formula is C11H14ClN2O. The summed E-state index contributed by atoms with van der Waals surface area (Å²) in [6, 6.07) is 5.21. The average Bonchev–Trinajstić information content (AvgIpc) is 2.24. The van der Waals surface area contributed by atoms with Crippen molar-refractivity contribution in [1.29, 1.82) is 0 Å². The van der Waals surface area contributed by atoms with E-state index in [-0.39, 0.29) is 0 Å². The summed E-state index contributed by atoms with van der Waals surface area (Å²) in [6.07, 6.45) is 5.04. The van der Waals surface area contributed by atoms with E-state index in [0.29, 0.717) is 17.5 Å². The fourth-order valence-electron chi connectivity index (χ4n) is 1.27. The highest BCUT2D eigenvalue weighted by Gasteiger charge is 2.07. The smallest absolute Gasteiger partial charge is 0.288 e. The molecule has 1 aromatic heterocycles. The molecule has 1 radical (unpaired) electrons. The van der Waals surface area contributed by atoms with E-state index in [1.165, 1.54) is 4.90 Å². The third-order valence-electron chi connectivity index (χ3n) is 2.07. The Labute approximate surface area is 95.1 Å². The molecule has 0 spiro atoms. The monoisotopic (exact) mass is 225 g/mol. The van der Waals surface area contributed by atoms with Crippen molar-refractivity contribution in [3.63, 3.8) is 0 Å². The topological polar surface area (TPSA) is 33.2 Å². The number of anilines is 1. The van der Waals surface area contributed by atoms with Crippen LogP contribution in [0.1, 0.15) is 26.2 Å². The van der Waals surface area contributed by atoms with Crippen LogP contribution in [0.2, 0.25) is 5.15 Å². The molecule has 1 aromatic rings. The van der Waals surface area contributed by atoms with Crippen molar-refractivity contribution < 1.29 is 4.79 Å². The van der Waals surface area contributed by atoms with E-state index in [4.69, 9.17) is 11.6 Å². The Balaban J connectivity index is 2.61. The van der Waals surface area contributed by atoms with Gasteiger partial charge in [-0.3, -0.25) is 9.69 Å². The molecule has 1 heterocycles. The van der Waals surface area contributed by atoms with Gasteiger partial charge in [0, 0.05) is 6.54 Å². The molecule has 0 fully saturated rings. The maximum Gasteiger partial charge on any atom is 0.318 e. The maximum atomic E-state index is 10.7. The lowest BCUT2D eigenvalue weighted by atomic mass is 10.2. The molecule has 0 aliphatic heterocycles. The number of rotatable bonds is 6. The summed E-state index contributed by atoms with van der Waals surface area (Å²) in [4.78, 5) is 16.2. The summed E-state index contributed by atoms with van der Waals surface area (Å²) in [7, 11) is 0. The van der Waals surface area contributed by atoms with Gasteiger partial charge in [-0.15, -0.1) is 0 Å². The van der Waals surface area contributed by atoms with E-state index < -0.39 is 0 Å². The highest BCUT2D eigenvalue weighted by atomic mass is 35.5. The molecule has 0 bridgehead atoms. The molecule has 0 saturated heterocycles. The summed E-state index contributed by atoms with van der Waals surface area (Å²) in [5.41, 5.74) is 0. The highest BCUT2D eigenvalue weighted by Crippen LogP contribution is 2.13. The normalized spacial score (nSPS) is 10.0. The van der Waals surface area contributed by atoms with Crippen molar-refractivity contribution >= 4 is 23.8 Å². The summed E-state index contributed by atoms with van der Waals surface area (Å²) in [6.45, 7) is 2.76. The Morgan fingerprint density at radius 1 is 1.47 bits per heavy atom. The van der Waals surface area contributed by atoms with Crippen LogP contribution in [0.15, 0.2) is 18.2 Å². The van der Waals surface area contributed by atoms with Gasteiger partial charge in [0.2, 0.25) is 0 Å². The van der Waals surface area contributed by atoms with Crippen molar-refractivity contribution in [1.82, 2.24) is 4.98 Å². The molecule has 0 aromatic carbocycles. The standard InChI is InChI=1S/C11H14ClN2O/c1-2-3-4-8-14(9-15)11-7-5-6-10(12)13-11/h5-7H,2-4,8H2,1H3. The molecule has 0 aliphatic rings. The summed E-state index contributed by atoms with van der Waals surface area (Å²) < 4.78 is 0. The van der Waals surface area contributed by atoms with Gasteiger partial charge >= 0.3 is 6.41 Å². The van der Waals surface area contributed by atoms with Crippen molar-refractivity contribution in [3.8, 4) is 0 Å². The largest absolute Gasteiger partial charge is 0.318 e. The maximum absolute atomic E-state index is 10.7. The van der Waals surface area contributed by atoms with Crippen LogP contribution in [0.3, 0.4) is 0 Å². The molecule has 0 aliphatic carbocycles. The fraction of sp³-hybridized carbons (Fsp3) is 0.455. The molecule has 81 valence electrons. The van der Waals surface area contributed by atoms with Gasteiger partial charge in [0.05, 0.1) is 0 Å². The lowest BCUT2D eigenvalue weighted by Gasteiger charge is -2.14. The molecule has 0 atom stereocenters. The van der Waals surface area contributed by atoms with Gasteiger partial charge in [0.25, 0.3) is 0 Å². The van der Waals surface area contributed by atoms with Crippen molar-refractivity contribution in [3.05, 3.63) is 23.4 Å². The quantitative estimate of drug-likeness (QED) is 0.424. The highest BCUT2D eigenvalue weighted by molar-refractivity contribution is 6.29. The first-order valence-electron chi connectivity index (χ1n) is 5.05. The Kier molecular flexibility index (Phi) is 5.12. The van der Waals surface area contributed by atoms with E-state index >= 15 is 0 Å². The number of amides is 1. The zero-order valence-electron chi connectivity index (χ0n) is 8.74. The van der Waals surface area contributed by atoms with E-state index in [9.17, 15) is 4.79 Å². The molecule has 4 heteroatoms. The molecule has 3 nitrogen and oxygen atoms in total. The zero-order chi connectivity index (χ0) is 11.1.